The summed E-state index contributed by atoms with van der Waals surface area (Å²) >= 11 is 5.95. The van der Waals surface area contributed by atoms with Gasteiger partial charge in [0.2, 0.25) is 0 Å². The van der Waals surface area contributed by atoms with E-state index in [0.717, 1.165) is 23.1 Å². The Hall–Kier alpha value is -1.90. The second-order valence-electron chi connectivity index (χ2n) is 8.59. The highest BCUT2D eigenvalue weighted by atomic mass is 35.5. The zero-order chi connectivity index (χ0) is 22.4. The number of carboxylic acid groups (broad SMARTS) is 1. The van der Waals surface area contributed by atoms with Crippen molar-refractivity contribution >= 4 is 24.7 Å². The highest BCUT2D eigenvalue weighted by molar-refractivity contribution is 6.40. The standard InChI is InChI=1S/C23H30BClN2O4/c25-21-9-7-19(8-10-21)18-5-3-16(4-6-18)14-27-15-17-12-20(2-1-11-24(30)31)23(26,13-17)22(28)29/h3-10,17,20,27,30-31H,1-2,11-15,26H2,(H,28,29)/t17-,20-,23-/m0/s1. The van der Waals surface area contributed by atoms with Gasteiger partial charge in [0.1, 0.15) is 5.54 Å². The smallest absolute Gasteiger partial charge is 0.451 e. The number of halogens is 1. The Morgan fingerprint density at radius 3 is 2.32 bits per heavy atom. The Bertz CT molecular complexity index is 863. The van der Waals surface area contributed by atoms with Gasteiger partial charge in [-0.1, -0.05) is 54.4 Å². The van der Waals surface area contributed by atoms with Gasteiger partial charge in [-0.2, -0.15) is 0 Å². The molecule has 3 rings (SSSR count). The average Bonchev–Trinajstić information content (AvgIpc) is 3.06. The first-order valence-electron chi connectivity index (χ1n) is 10.7. The molecule has 0 spiro atoms. The molecule has 166 valence electrons. The van der Waals surface area contributed by atoms with Gasteiger partial charge in [0.25, 0.3) is 0 Å². The summed E-state index contributed by atoms with van der Waals surface area (Å²) in [5.41, 5.74) is 8.41. The van der Waals surface area contributed by atoms with Gasteiger partial charge in [-0.3, -0.25) is 4.79 Å². The largest absolute Gasteiger partial charge is 0.480 e. The fraction of sp³-hybridized carbons (Fsp3) is 0.435. The Balaban J connectivity index is 1.50. The molecule has 2 aromatic carbocycles. The summed E-state index contributed by atoms with van der Waals surface area (Å²) in [6.07, 6.45) is 2.53. The summed E-state index contributed by atoms with van der Waals surface area (Å²) in [6, 6.07) is 16.1. The second kappa shape index (κ2) is 10.6. The van der Waals surface area contributed by atoms with Crippen molar-refractivity contribution in [3.8, 4) is 11.1 Å². The number of nitrogens with one attached hydrogen (secondary N) is 1. The van der Waals surface area contributed by atoms with Crippen LogP contribution >= 0.6 is 11.6 Å². The summed E-state index contributed by atoms with van der Waals surface area (Å²) in [7, 11) is -1.36. The fourth-order valence-corrected chi connectivity index (χ4v) is 4.68. The van der Waals surface area contributed by atoms with Crippen molar-refractivity contribution in [2.75, 3.05) is 6.54 Å². The molecule has 0 amide bonds. The predicted octanol–water partition coefficient (Wildman–Crippen LogP) is 3.16. The van der Waals surface area contributed by atoms with Crippen molar-refractivity contribution in [2.24, 2.45) is 17.6 Å². The summed E-state index contributed by atoms with van der Waals surface area (Å²) in [6.45, 7) is 1.40. The van der Waals surface area contributed by atoms with Gasteiger partial charge < -0.3 is 26.2 Å². The normalized spacial score (nSPS) is 23.1. The van der Waals surface area contributed by atoms with Crippen molar-refractivity contribution in [1.82, 2.24) is 5.32 Å². The molecule has 0 heterocycles. The van der Waals surface area contributed by atoms with Crippen LogP contribution in [0.1, 0.15) is 31.2 Å². The lowest BCUT2D eigenvalue weighted by Gasteiger charge is -2.26. The van der Waals surface area contributed by atoms with E-state index < -0.39 is 18.6 Å². The molecular formula is C23H30BClN2O4. The van der Waals surface area contributed by atoms with Crippen LogP contribution < -0.4 is 11.1 Å². The van der Waals surface area contributed by atoms with Crippen molar-refractivity contribution in [3.63, 3.8) is 0 Å². The van der Waals surface area contributed by atoms with Crippen LogP contribution in [-0.4, -0.2) is 40.3 Å². The maximum atomic E-state index is 11.8. The predicted molar refractivity (Wildman–Crippen MR) is 124 cm³/mol. The summed E-state index contributed by atoms with van der Waals surface area (Å²) in [5.74, 6) is -0.949. The van der Waals surface area contributed by atoms with Crippen molar-refractivity contribution < 1.29 is 19.9 Å². The van der Waals surface area contributed by atoms with Crippen LogP contribution in [0.2, 0.25) is 11.3 Å². The molecule has 31 heavy (non-hydrogen) atoms. The van der Waals surface area contributed by atoms with Crippen molar-refractivity contribution in [3.05, 3.63) is 59.1 Å². The third-order valence-electron chi connectivity index (χ3n) is 6.28. The minimum absolute atomic E-state index is 0.158. The van der Waals surface area contributed by atoms with E-state index in [9.17, 15) is 9.90 Å². The van der Waals surface area contributed by atoms with E-state index in [1.54, 1.807) is 0 Å². The maximum absolute atomic E-state index is 11.8. The highest BCUT2D eigenvalue weighted by Gasteiger charge is 2.49. The Morgan fingerprint density at radius 1 is 1.13 bits per heavy atom. The van der Waals surface area contributed by atoms with E-state index in [2.05, 4.69) is 29.6 Å². The molecule has 0 bridgehead atoms. The minimum atomic E-state index is -1.36. The number of aliphatic carboxylic acids is 1. The Morgan fingerprint density at radius 2 is 1.74 bits per heavy atom. The Kier molecular flexibility index (Phi) is 8.14. The number of nitrogens with two attached hydrogens (primary N) is 1. The average molecular weight is 445 g/mol. The lowest BCUT2D eigenvalue weighted by molar-refractivity contribution is -0.145. The molecule has 1 fully saturated rings. The topological polar surface area (TPSA) is 116 Å². The summed E-state index contributed by atoms with van der Waals surface area (Å²) < 4.78 is 0. The van der Waals surface area contributed by atoms with Crippen LogP contribution in [-0.2, 0) is 11.3 Å². The number of carbonyl (C=O) groups is 1. The number of carboxylic acids is 1. The number of rotatable bonds is 10. The number of hydrogen-bond acceptors (Lipinski definition) is 5. The van der Waals surface area contributed by atoms with Gasteiger partial charge in [0.05, 0.1) is 0 Å². The molecule has 2 aromatic rings. The summed E-state index contributed by atoms with van der Waals surface area (Å²) in [4.78, 5) is 11.8. The zero-order valence-corrected chi connectivity index (χ0v) is 18.3. The lowest BCUT2D eigenvalue weighted by Crippen LogP contribution is -2.51. The molecule has 6 nitrogen and oxygen atoms in total. The monoisotopic (exact) mass is 444 g/mol. The second-order valence-corrected chi connectivity index (χ2v) is 9.03. The van der Waals surface area contributed by atoms with Crippen LogP contribution in [0.5, 0.6) is 0 Å². The van der Waals surface area contributed by atoms with E-state index >= 15 is 0 Å². The molecule has 0 saturated heterocycles. The molecule has 3 atom stereocenters. The fourth-order valence-electron chi connectivity index (χ4n) is 4.56. The number of hydrogen-bond donors (Lipinski definition) is 5. The van der Waals surface area contributed by atoms with Crippen LogP contribution in [0, 0.1) is 11.8 Å². The van der Waals surface area contributed by atoms with E-state index in [1.807, 2.05) is 24.3 Å². The highest BCUT2D eigenvalue weighted by Crippen LogP contribution is 2.41. The van der Waals surface area contributed by atoms with Gasteiger partial charge in [-0.15, -0.1) is 0 Å². The molecule has 8 heteroatoms. The number of benzene rings is 2. The third kappa shape index (κ3) is 6.31. The molecule has 0 aliphatic heterocycles. The van der Waals surface area contributed by atoms with E-state index in [0.29, 0.717) is 37.4 Å². The van der Waals surface area contributed by atoms with E-state index in [-0.39, 0.29) is 18.2 Å². The third-order valence-corrected chi connectivity index (χ3v) is 6.53. The van der Waals surface area contributed by atoms with E-state index in [1.165, 1.54) is 0 Å². The van der Waals surface area contributed by atoms with Crippen LogP contribution in [0.15, 0.2) is 48.5 Å². The first kappa shape index (κ1) is 23.8. The minimum Gasteiger partial charge on any atom is -0.480 e. The molecule has 1 aliphatic rings. The molecule has 1 saturated carbocycles. The lowest BCUT2D eigenvalue weighted by atomic mass is 9.78. The summed E-state index contributed by atoms with van der Waals surface area (Å²) in [5, 5.41) is 31.9. The quantitative estimate of drug-likeness (QED) is 0.360. The maximum Gasteiger partial charge on any atom is 0.451 e. The Labute approximate surface area is 188 Å². The van der Waals surface area contributed by atoms with Gasteiger partial charge in [-0.25, -0.2) is 0 Å². The van der Waals surface area contributed by atoms with Gasteiger partial charge in [0, 0.05) is 11.6 Å². The first-order chi connectivity index (χ1) is 14.8. The van der Waals surface area contributed by atoms with Crippen molar-refractivity contribution in [2.45, 2.75) is 44.1 Å². The van der Waals surface area contributed by atoms with E-state index in [4.69, 9.17) is 27.4 Å². The molecule has 6 N–H and O–H groups in total. The van der Waals surface area contributed by atoms with Crippen LogP contribution in [0.3, 0.4) is 0 Å². The van der Waals surface area contributed by atoms with Crippen LogP contribution in [0.4, 0.5) is 0 Å². The van der Waals surface area contributed by atoms with Crippen molar-refractivity contribution in [1.29, 1.82) is 0 Å². The SMILES string of the molecule is N[C@@]1(C(=O)O)C[C@@H](CNCc2ccc(-c3ccc(Cl)cc3)cc2)C[C@@H]1CCCB(O)O. The van der Waals surface area contributed by atoms with Gasteiger partial charge in [-0.05, 0) is 72.8 Å². The van der Waals surface area contributed by atoms with Gasteiger partial charge in [0.15, 0.2) is 0 Å². The molecule has 0 unspecified atom stereocenters. The molecule has 1 aliphatic carbocycles. The first-order valence-corrected chi connectivity index (χ1v) is 11.1. The molecular weight excluding hydrogens is 415 g/mol. The molecule has 0 radical (unpaired) electrons. The van der Waals surface area contributed by atoms with Gasteiger partial charge >= 0.3 is 13.1 Å². The molecule has 0 aromatic heterocycles. The van der Waals surface area contributed by atoms with Crippen LogP contribution in [0.25, 0.3) is 11.1 Å². The zero-order valence-electron chi connectivity index (χ0n) is 17.5.